The van der Waals surface area contributed by atoms with Crippen LogP contribution < -0.4 is 24.8 Å². The molecule has 2 saturated carbocycles. The Bertz CT molecular complexity index is 1770. The molecule has 1 saturated heterocycles. The number of nitrogens with one attached hydrogen (secondary N) is 3. The number of fused-ring (bicyclic) bond motifs is 1. The van der Waals surface area contributed by atoms with Crippen LogP contribution in [0.25, 0.3) is 10.8 Å². The maximum absolute atomic E-state index is 14.5. The highest BCUT2D eigenvalue weighted by atomic mass is 32.2. The van der Waals surface area contributed by atoms with Crippen molar-refractivity contribution in [2.75, 3.05) is 26.7 Å². The Balaban J connectivity index is 1.45. The number of rotatable bonds is 13. The normalized spacial score (nSPS) is 23.8. The Morgan fingerprint density at radius 1 is 1.16 bits per heavy atom. The maximum Gasteiger partial charge on any atom is 0.318 e. The van der Waals surface area contributed by atoms with Crippen LogP contribution in [-0.2, 0) is 24.4 Å². The zero-order chi connectivity index (χ0) is 36.6. The molecule has 272 valence electrons. The van der Waals surface area contributed by atoms with Gasteiger partial charge in [0.25, 0.3) is 5.91 Å². The Morgan fingerprint density at radius 3 is 2.44 bits per heavy atom. The second kappa shape index (κ2) is 14.1. The van der Waals surface area contributed by atoms with Gasteiger partial charge in [0.2, 0.25) is 27.7 Å². The fourth-order valence-electron chi connectivity index (χ4n) is 6.44. The van der Waals surface area contributed by atoms with E-state index in [-0.39, 0.29) is 19.4 Å². The van der Waals surface area contributed by atoms with Gasteiger partial charge in [-0.25, -0.2) is 18.2 Å². The van der Waals surface area contributed by atoms with E-state index >= 15 is 0 Å². The highest BCUT2D eigenvalue weighted by Gasteiger charge is 2.62. The van der Waals surface area contributed by atoms with Gasteiger partial charge in [-0.2, -0.15) is 0 Å². The van der Waals surface area contributed by atoms with E-state index in [9.17, 15) is 27.6 Å². The van der Waals surface area contributed by atoms with Gasteiger partial charge in [0.05, 0.1) is 18.9 Å². The SMILES string of the molecule is C=C[C@@H]1C[C@]1(NC(=O)[C@@H]1CC(Oc2nccc3cc(OC)ccc23)CN1C(=O)[C@@H](NC(=O)N(CC)CC)C(C)(C)C)C(=O)NS(=O)(=O)C1CC1. The Kier molecular flexibility index (Phi) is 10.4. The van der Waals surface area contributed by atoms with Gasteiger partial charge in [0.15, 0.2) is 0 Å². The molecule has 1 aromatic heterocycles. The van der Waals surface area contributed by atoms with Crippen LogP contribution in [-0.4, -0.2) is 103 Å². The number of sulfonamides is 1. The standard InChI is InChI=1S/C35H48N6O8S/c1-8-22-19-35(22,32(44)39-50(46,47)25-12-13-25)38-29(42)27-18-24(49-30-26-14-11-23(48-7)17-21(26)15-16-36-30)20-41(27)31(43)28(34(4,5)6)37-33(45)40(9-2)10-3/h8,11,14-17,22,24-25,27-28H,1,9-10,12-13,18-20H2,2-7H3,(H,37,45)(H,38,42)(H,39,44)/t22-,24?,27+,28-,35-/m1/s1. The van der Waals surface area contributed by atoms with E-state index in [2.05, 4.69) is 26.9 Å². The summed E-state index contributed by atoms with van der Waals surface area (Å²) in [7, 11) is -2.31. The van der Waals surface area contributed by atoms with Gasteiger partial charge in [0.1, 0.15) is 29.5 Å². The molecule has 5 rings (SSSR count). The summed E-state index contributed by atoms with van der Waals surface area (Å²) in [6, 6.07) is 4.71. The van der Waals surface area contributed by atoms with Gasteiger partial charge in [-0.1, -0.05) is 26.8 Å². The molecular weight excluding hydrogens is 664 g/mol. The van der Waals surface area contributed by atoms with Gasteiger partial charge in [-0.15, -0.1) is 6.58 Å². The number of pyridine rings is 1. The summed E-state index contributed by atoms with van der Waals surface area (Å²) in [6.07, 6.45) is 3.54. The van der Waals surface area contributed by atoms with E-state index in [1.165, 1.54) is 11.0 Å². The van der Waals surface area contributed by atoms with Crippen LogP contribution in [0, 0.1) is 11.3 Å². The van der Waals surface area contributed by atoms with Crippen molar-refractivity contribution < 1.29 is 37.1 Å². The average Bonchev–Trinajstić information content (AvgIpc) is 4.00. The van der Waals surface area contributed by atoms with Crippen LogP contribution in [0.4, 0.5) is 4.79 Å². The molecule has 14 nitrogen and oxygen atoms in total. The maximum atomic E-state index is 14.5. The summed E-state index contributed by atoms with van der Waals surface area (Å²) in [4.78, 5) is 62.7. The van der Waals surface area contributed by atoms with E-state index < -0.39 is 74.1 Å². The predicted octanol–water partition coefficient (Wildman–Crippen LogP) is 2.73. The monoisotopic (exact) mass is 712 g/mol. The lowest BCUT2D eigenvalue weighted by atomic mass is 9.85. The molecule has 0 spiro atoms. The third-order valence-electron chi connectivity index (χ3n) is 9.74. The van der Waals surface area contributed by atoms with Crippen molar-refractivity contribution in [1.82, 2.24) is 30.1 Å². The van der Waals surface area contributed by atoms with Crippen molar-refractivity contribution in [2.45, 2.75) is 89.3 Å². The number of hydrogen-bond donors (Lipinski definition) is 3. The first-order valence-electron chi connectivity index (χ1n) is 17.0. The Labute approximate surface area is 293 Å². The molecule has 5 atom stereocenters. The van der Waals surface area contributed by atoms with Crippen molar-refractivity contribution in [2.24, 2.45) is 11.3 Å². The Hall–Kier alpha value is -4.40. The quantitative estimate of drug-likeness (QED) is 0.264. The van der Waals surface area contributed by atoms with Crippen LogP contribution >= 0.6 is 0 Å². The smallest absolute Gasteiger partial charge is 0.318 e. The fourth-order valence-corrected chi connectivity index (χ4v) is 7.81. The zero-order valence-corrected chi connectivity index (χ0v) is 30.3. The summed E-state index contributed by atoms with van der Waals surface area (Å²) in [5.41, 5.74) is -2.29. The third-order valence-corrected chi connectivity index (χ3v) is 11.6. The molecule has 1 aliphatic heterocycles. The summed E-state index contributed by atoms with van der Waals surface area (Å²) in [6.45, 7) is 13.8. The number of carbonyl (C=O) groups excluding carboxylic acids is 4. The molecule has 15 heteroatoms. The first kappa shape index (κ1) is 36.9. The molecule has 50 heavy (non-hydrogen) atoms. The number of hydrogen-bond acceptors (Lipinski definition) is 9. The van der Waals surface area contributed by atoms with Crippen LogP contribution in [0.5, 0.6) is 11.6 Å². The van der Waals surface area contributed by atoms with E-state index in [0.29, 0.717) is 42.9 Å². The number of aromatic nitrogens is 1. The van der Waals surface area contributed by atoms with Crippen molar-refractivity contribution in [3.63, 3.8) is 0 Å². The highest BCUT2D eigenvalue weighted by Crippen LogP contribution is 2.45. The minimum atomic E-state index is -3.89. The molecular formula is C35H48N6O8S. The fraction of sp³-hybridized carbons (Fsp3) is 0.571. The van der Waals surface area contributed by atoms with Gasteiger partial charge in [0, 0.05) is 37.0 Å². The number of amides is 5. The first-order chi connectivity index (χ1) is 23.6. The van der Waals surface area contributed by atoms with Gasteiger partial charge in [-0.05, 0) is 68.2 Å². The van der Waals surface area contributed by atoms with Gasteiger partial charge in [-0.3, -0.25) is 19.1 Å². The highest BCUT2D eigenvalue weighted by molar-refractivity contribution is 7.91. The topological polar surface area (TPSA) is 176 Å². The Morgan fingerprint density at radius 2 is 1.86 bits per heavy atom. The molecule has 0 radical (unpaired) electrons. The second-order valence-electron chi connectivity index (χ2n) is 14.3. The molecule has 0 bridgehead atoms. The lowest BCUT2D eigenvalue weighted by Crippen LogP contribution is -2.61. The minimum Gasteiger partial charge on any atom is -0.497 e. The molecule has 3 aliphatic rings. The largest absolute Gasteiger partial charge is 0.497 e. The summed E-state index contributed by atoms with van der Waals surface area (Å²) < 4.78 is 39.2. The lowest BCUT2D eigenvalue weighted by Gasteiger charge is -2.36. The van der Waals surface area contributed by atoms with Gasteiger partial charge < -0.3 is 29.9 Å². The summed E-state index contributed by atoms with van der Waals surface area (Å²) >= 11 is 0. The van der Waals surface area contributed by atoms with Crippen molar-refractivity contribution in [3.05, 3.63) is 43.1 Å². The summed E-state index contributed by atoms with van der Waals surface area (Å²) in [5, 5.41) is 6.58. The number of urea groups is 1. The number of benzene rings is 1. The van der Waals surface area contributed by atoms with Crippen LogP contribution in [0.1, 0.15) is 60.3 Å². The third kappa shape index (κ3) is 7.52. The molecule has 2 aromatic rings. The van der Waals surface area contributed by atoms with E-state index in [4.69, 9.17) is 9.47 Å². The summed E-state index contributed by atoms with van der Waals surface area (Å²) in [5.74, 6) is -1.52. The van der Waals surface area contributed by atoms with E-state index in [1.807, 2.05) is 52.8 Å². The van der Waals surface area contributed by atoms with Crippen LogP contribution in [0.3, 0.4) is 0 Å². The second-order valence-corrected chi connectivity index (χ2v) is 16.2. The van der Waals surface area contributed by atoms with Crippen molar-refractivity contribution in [1.29, 1.82) is 0 Å². The minimum absolute atomic E-state index is 0.0149. The molecule has 5 amide bonds. The number of methoxy groups -OCH3 is 1. The number of ether oxygens (including phenoxy) is 2. The van der Waals surface area contributed by atoms with Crippen LogP contribution in [0.2, 0.25) is 0 Å². The predicted molar refractivity (Wildman–Crippen MR) is 187 cm³/mol. The van der Waals surface area contributed by atoms with E-state index in [0.717, 1.165) is 5.39 Å². The van der Waals surface area contributed by atoms with Crippen molar-refractivity contribution in [3.8, 4) is 11.6 Å². The molecule has 2 heterocycles. The van der Waals surface area contributed by atoms with Crippen LogP contribution in [0.15, 0.2) is 43.1 Å². The van der Waals surface area contributed by atoms with Gasteiger partial charge >= 0.3 is 6.03 Å². The molecule has 1 unspecified atom stereocenters. The molecule has 2 aliphatic carbocycles. The molecule has 3 fully saturated rings. The zero-order valence-electron chi connectivity index (χ0n) is 29.5. The lowest BCUT2D eigenvalue weighted by molar-refractivity contribution is -0.142. The van der Waals surface area contributed by atoms with E-state index in [1.54, 1.807) is 24.3 Å². The average molecular weight is 713 g/mol. The first-order valence-corrected chi connectivity index (χ1v) is 18.6. The molecule has 3 N–H and O–H groups in total. The number of likely N-dealkylation sites (tertiary alicyclic amines) is 1. The number of carbonyl (C=O) groups is 4. The molecule has 1 aromatic carbocycles. The number of nitrogens with zero attached hydrogens (tertiary/aromatic N) is 3. The van der Waals surface area contributed by atoms with Crippen molar-refractivity contribution >= 4 is 44.5 Å².